The smallest absolute Gasteiger partial charge is 0.328 e. The van der Waals surface area contributed by atoms with Crippen LogP contribution in [-0.4, -0.2) is 22.2 Å². The zero-order chi connectivity index (χ0) is 16.2. The molecule has 1 aromatic heterocycles. The van der Waals surface area contributed by atoms with Gasteiger partial charge in [0.1, 0.15) is 0 Å². The first-order valence-corrected chi connectivity index (χ1v) is 7.89. The van der Waals surface area contributed by atoms with E-state index in [0.29, 0.717) is 0 Å². The van der Waals surface area contributed by atoms with Crippen LogP contribution in [0, 0.1) is 0 Å². The van der Waals surface area contributed by atoms with Gasteiger partial charge in [-0.2, -0.15) is 0 Å². The Kier molecular flexibility index (Phi) is 8.40. The number of hydrogen-bond donors (Lipinski definition) is 2. The van der Waals surface area contributed by atoms with E-state index in [-0.39, 0.29) is 0 Å². The van der Waals surface area contributed by atoms with Crippen LogP contribution in [0.15, 0.2) is 70.3 Å². The number of thiophene rings is 1. The summed E-state index contributed by atoms with van der Waals surface area (Å²) in [5.74, 6) is -1.83. The van der Waals surface area contributed by atoms with Crippen molar-refractivity contribution in [3.05, 3.63) is 70.3 Å². The lowest BCUT2D eigenvalue weighted by Gasteiger charge is -1.91. The van der Waals surface area contributed by atoms with Crippen molar-refractivity contribution in [3.63, 3.8) is 0 Å². The van der Waals surface area contributed by atoms with Crippen LogP contribution in [-0.2, 0) is 9.59 Å². The van der Waals surface area contributed by atoms with Crippen molar-refractivity contribution >= 4 is 41.1 Å². The summed E-state index contributed by atoms with van der Waals surface area (Å²) in [5.41, 5.74) is 0. The minimum absolute atomic E-state index is 0.909. The lowest BCUT2D eigenvalue weighted by molar-refractivity contribution is -0.132. The second-order valence-corrected chi connectivity index (χ2v) is 5.72. The zero-order valence-electron chi connectivity index (χ0n) is 11.5. The van der Waals surface area contributed by atoms with Gasteiger partial charge >= 0.3 is 11.9 Å². The predicted octanol–water partition coefficient (Wildman–Crippen LogP) is 4.22. The first kappa shape index (κ1) is 17.7. The highest BCUT2D eigenvalue weighted by molar-refractivity contribution is 8.02. The second kappa shape index (κ2) is 10.4. The predicted molar refractivity (Wildman–Crippen MR) is 90.1 cm³/mol. The van der Waals surface area contributed by atoms with E-state index in [9.17, 15) is 9.59 Å². The molecule has 114 valence electrons. The normalized spacial score (nSPS) is 10.4. The molecule has 0 fully saturated rings. The molecular weight excluding hydrogens is 320 g/mol. The summed E-state index contributed by atoms with van der Waals surface area (Å²) in [4.78, 5) is 22.1. The average Bonchev–Trinajstić information content (AvgIpc) is 3.00. The third-order valence-corrected chi connectivity index (χ3v) is 3.75. The van der Waals surface area contributed by atoms with Gasteiger partial charge in [-0.15, -0.1) is 11.3 Å². The molecule has 6 heteroatoms. The topological polar surface area (TPSA) is 74.6 Å². The number of rotatable bonds is 5. The van der Waals surface area contributed by atoms with Crippen LogP contribution < -0.4 is 0 Å². The van der Waals surface area contributed by atoms with Crippen LogP contribution in [0.5, 0.6) is 0 Å². The number of carboxylic acid groups (broad SMARTS) is 2. The molecule has 0 saturated heterocycles. The summed E-state index contributed by atoms with van der Waals surface area (Å²) in [6.07, 6.45) is 3.83. The fourth-order valence-corrected chi connectivity index (χ4v) is 2.48. The van der Waals surface area contributed by atoms with Gasteiger partial charge in [0.2, 0.25) is 0 Å². The summed E-state index contributed by atoms with van der Waals surface area (Å²) in [6, 6.07) is 13.4. The van der Waals surface area contributed by atoms with Crippen molar-refractivity contribution in [2.75, 3.05) is 0 Å². The Balaban J connectivity index is 0.000000224. The van der Waals surface area contributed by atoms with Gasteiger partial charge in [0.05, 0.1) is 0 Å². The number of benzene rings is 1. The lowest BCUT2D eigenvalue weighted by atomic mass is 10.4. The van der Waals surface area contributed by atoms with Crippen LogP contribution in [0.2, 0.25) is 0 Å². The maximum absolute atomic E-state index is 10.1. The maximum atomic E-state index is 10.1. The van der Waals surface area contributed by atoms with E-state index in [2.05, 4.69) is 0 Å². The summed E-state index contributed by atoms with van der Waals surface area (Å²) < 4.78 is 0. The Bertz CT molecular complexity index is 631. The molecule has 0 atom stereocenters. The molecule has 4 nitrogen and oxygen atoms in total. The summed E-state index contributed by atoms with van der Waals surface area (Å²) in [5, 5.41) is 20.0. The van der Waals surface area contributed by atoms with E-state index >= 15 is 0 Å². The molecule has 2 rings (SSSR count). The van der Waals surface area contributed by atoms with E-state index in [1.165, 1.54) is 23.1 Å². The first-order chi connectivity index (χ1) is 10.6. The molecule has 0 saturated carbocycles. The van der Waals surface area contributed by atoms with Crippen molar-refractivity contribution < 1.29 is 19.8 Å². The standard InChI is InChI=1S/C9H8O2S.C7H6O2S/c10-9(11)6-7-12-8-4-2-1-3-5-8;8-7(9)4-3-6-2-1-5-10-6/h1-7H,(H,10,11);1-5H,(H,8,9). The zero-order valence-corrected chi connectivity index (χ0v) is 13.1. The highest BCUT2D eigenvalue weighted by atomic mass is 32.2. The van der Waals surface area contributed by atoms with Gasteiger partial charge in [0.15, 0.2) is 0 Å². The van der Waals surface area contributed by atoms with Crippen molar-refractivity contribution in [3.8, 4) is 0 Å². The van der Waals surface area contributed by atoms with Crippen LogP contribution in [0.1, 0.15) is 4.88 Å². The third-order valence-electron chi connectivity index (χ3n) is 2.09. The molecule has 0 amide bonds. The third kappa shape index (κ3) is 8.78. The highest BCUT2D eigenvalue weighted by Gasteiger charge is 1.88. The number of aliphatic carboxylic acids is 2. The van der Waals surface area contributed by atoms with E-state index in [1.807, 2.05) is 47.8 Å². The van der Waals surface area contributed by atoms with Crippen LogP contribution in [0.25, 0.3) is 6.08 Å². The molecule has 2 aromatic rings. The molecular formula is C16H14O4S2. The second-order valence-electron chi connectivity index (χ2n) is 3.76. The van der Waals surface area contributed by atoms with Crippen LogP contribution in [0.3, 0.4) is 0 Å². The summed E-state index contributed by atoms with van der Waals surface area (Å²) in [7, 11) is 0. The molecule has 0 radical (unpaired) electrons. The Morgan fingerprint density at radius 3 is 2.18 bits per heavy atom. The maximum Gasteiger partial charge on any atom is 0.328 e. The first-order valence-electron chi connectivity index (χ1n) is 6.13. The van der Waals surface area contributed by atoms with Gasteiger partial charge < -0.3 is 10.2 Å². The van der Waals surface area contributed by atoms with Gasteiger partial charge in [-0.25, -0.2) is 9.59 Å². The Morgan fingerprint density at radius 2 is 1.64 bits per heavy atom. The van der Waals surface area contributed by atoms with E-state index < -0.39 is 11.9 Å². The summed E-state index contributed by atoms with van der Waals surface area (Å²) >= 11 is 2.90. The van der Waals surface area contributed by atoms with Crippen molar-refractivity contribution in [1.29, 1.82) is 0 Å². The minimum atomic E-state index is -0.918. The molecule has 0 aliphatic rings. The van der Waals surface area contributed by atoms with Gasteiger partial charge in [-0.05, 0) is 35.1 Å². The fraction of sp³-hybridized carbons (Fsp3) is 0. The number of carbonyl (C=O) groups is 2. The molecule has 1 aromatic carbocycles. The average molecular weight is 334 g/mol. The van der Waals surface area contributed by atoms with Crippen LogP contribution >= 0.6 is 23.1 Å². The Labute approximate surface area is 136 Å². The molecule has 0 unspecified atom stereocenters. The number of thioether (sulfide) groups is 1. The molecule has 0 spiro atoms. The minimum Gasteiger partial charge on any atom is -0.478 e. The molecule has 1 heterocycles. The molecule has 0 bridgehead atoms. The van der Waals surface area contributed by atoms with Crippen molar-refractivity contribution in [2.45, 2.75) is 4.90 Å². The van der Waals surface area contributed by atoms with Crippen LogP contribution in [0.4, 0.5) is 0 Å². The van der Waals surface area contributed by atoms with Gasteiger partial charge in [-0.3, -0.25) is 0 Å². The Morgan fingerprint density at radius 1 is 0.955 bits per heavy atom. The van der Waals surface area contributed by atoms with Gasteiger partial charge in [0, 0.05) is 21.9 Å². The highest BCUT2D eigenvalue weighted by Crippen LogP contribution is 2.17. The van der Waals surface area contributed by atoms with Gasteiger partial charge in [0.25, 0.3) is 0 Å². The monoisotopic (exact) mass is 334 g/mol. The van der Waals surface area contributed by atoms with Crippen molar-refractivity contribution in [2.24, 2.45) is 0 Å². The van der Waals surface area contributed by atoms with Gasteiger partial charge in [-0.1, -0.05) is 36.0 Å². The van der Waals surface area contributed by atoms with E-state index in [0.717, 1.165) is 21.9 Å². The number of hydrogen-bond acceptors (Lipinski definition) is 4. The SMILES string of the molecule is O=C(O)C=CSc1ccccc1.O=C(O)C=Cc1cccs1. The molecule has 0 aliphatic heterocycles. The molecule has 22 heavy (non-hydrogen) atoms. The summed E-state index contributed by atoms with van der Waals surface area (Å²) in [6.45, 7) is 0. The Hall–Kier alpha value is -2.31. The van der Waals surface area contributed by atoms with E-state index in [4.69, 9.17) is 10.2 Å². The number of carboxylic acids is 2. The fourth-order valence-electron chi connectivity index (χ4n) is 1.21. The quantitative estimate of drug-likeness (QED) is 0.632. The lowest BCUT2D eigenvalue weighted by Crippen LogP contribution is -1.84. The largest absolute Gasteiger partial charge is 0.478 e. The molecule has 2 N–H and O–H groups in total. The molecule has 0 aliphatic carbocycles. The van der Waals surface area contributed by atoms with Crippen molar-refractivity contribution in [1.82, 2.24) is 0 Å². The van der Waals surface area contributed by atoms with E-state index in [1.54, 1.807) is 11.5 Å².